The first-order valence-corrected chi connectivity index (χ1v) is 9.33. The molecule has 5 nitrogen and oxygen atoms in total. The van der Waals surface area contributed by atoms with Gasteiger partial charge in [0.1, 0.15) is 5.82 Å². The van der Waals surface area contributed by atoms with Gasteiger partial charge in [0.2, 0.25) is 5.91 Å². The highest BCUT2D eigenvalue weighted by molar-refractivity contribution is 5.84. The predicted molar refractivity (Wildman–Crippen MR) is 103 cm³/mol. The SMILES string of the molecule is CCNC(=NCC1(C(=O)N(C)C)CCCC1)N(C)Cc1ccc(F)cc1. The number of hydrogen-bond acceptors (Lipinski definition) is 2. The standard InChI is InChI=1S/C20H31FN4O/c1-5-22-19(25(4)14-16-8-10-17(21)11-9-16)23-15-20(12-6-7-13-20)18(26)24(2)3/h8-11H,5-7,12-15H2,1-4H3,(H,22,23). The van der Waals surface area contributed by atoms with E-state index in [1.807, 2.05) is 33.0 Å². The maximum Gasteiger partial charge on any atom is 0.230 e. The first kappa shape index (κ1) is 20.2. The largest absolute Gasteiger partial charge is 0.357 e. The van der Waals surface area contributed by atoms with Crippen molar-refractivity contribution in [2.24, 2.45) is 10.4 Å². The second kappa shape index (κ2) is 9.01. The van der Waals surface area contributed by atoms with E-state index >= 15 is 0 Å². The molecule has 1 aromatic carbocycles. The van der Waals surface area contributed by atoms with Crippen molar-refractivity contribution in [2.45, 2.75) is 39.2 Å². The Morgan fingerprint density at radius 2 is 1.81 bits per heavy atom. The normalized spacial score (nSPS) is 16.4. The van der Waals surface area contributed by atoms with E-state index in [9.17, 15) is 9.18 Å². The molecule has 144 valence electrons. The Bertz CT molecular complexity index is 621. The van der Waals surface area contributed by atoms with E-state index in [-0.39, 0.29) is 17.1 Å². The van der Waals surface area contributed by atoms with Crippen molar-refractivity contribution in [3.63, 3.8) is 0 Å². The quantitative estimate of drug-likeness (QED) is 0.625. The fourth-order valence-corrected chi connectivity index (χ4v) is 3.60. The molecular formula is C20H31FN4O. The first-order chi connectivity index (χ1) is 12.4. The minimum atomic E-state index is -0.374. The summed E-state index contributed by atoms with van der Waals surface area (Å²) in [5.41, 5.74) is 0.639. The molecule has 0 saturated heterocycles. The highest BCUT2D eigenvalue weighted by Gasteiger charge is 2.42. The highest BCUT2D eigenvalue weighted by atomic mass is 19.1. The molecule has 0 aliphatic heterocycles. The Hall–Kier alpha value is -2.11. The van der Waals surface area contributed by atoms with Crippen LogP contribution >= 0.6 is 0 Å². The van der Waals surface area contributed by atoms with Crippen LogP contribution in [0.5, 0.6) is 0 Å². The first-order valence-electron chi connectivity index (χ1n) is 9.33. The molecule has 1 saturated carbocycles. The summed E-state index contributed by atoms with van der Waals surface area (Å²) in [6, 6.07) is 6.50. The van der Waals surface area contributed by atoms with Gasteiger partial charge in [0, 0.05) is 34.2 Å². The number of benzene rings is 1. The summed E-state index contributed by atoms with van der Waals surface area (Å²) in [5.74, 6) is 0.716. The van der Waals surface area contributed by atoms with Crippen LogP contribution in [0.2, 0.25) is 0 Å². The summed E-state index contributed by atoms with van der Waals surface area (Å²) in [4.78, 5) is 21.2. The van der Waals surface area contributed by atoms with E-state index in [0.29, 0.717) is 13.1 Å². The average molecular weight is 362 g/mol. The second-order valence-electron chi connectivity index (χ2n) is 7.34. The summed E-state index contributed by atoms with van der Waals surface area (Å²) in [5, 5.41) is 3.30. The maximum atomic E-state index is 13.1. The molecule has 1 amide bonds. The van der Waals surface area contributed by atoms with E-state index < -0.39 is 0 Å². The monoisotopic (exact) mass is 362 g/mol. The van der Waals surface area contributed by atoms with Crippen LogP contribution < -0.4 is 5.32 Å². The van der Waals surface area contributed by atoms with Gasteiger partial charge in [-0.25, -0.2) is 4.39 Å². The molecule has 1 aromatic rings. The number of rotatable bonds is 6. The van der Waals surface area contributed by atoms with Crippen molar-refractivity contribution < 1.29 is 9.18 Å². The zero-order chi connectivity index (χ0) is 19.2. The maximum absolute atomic E-state index is 13.1. The molecule has 1 aliphatic rings. The van der Waals surface area contributed by atoms with Crippen LogP contribution in [0.25, 0.3) is 0 Å². The van der Waals surface area contributed by atoms with Crippen molar-refractivity contribution in [3.05, 3.63) is 35.6 Å². The summed E-state index contributed by atoms with van der Waals surface area (Å²) >= 11 is 0. The van der Waals surface area contributed by atoms with Crippen LogP contribution in [0, 0.1) is 11.2 Å². The van der Waals surface area contributed by atoms with Gasteiger partial charge >= 0.3 is 0 Å². The topological polar surface area (TPSA) is 47.9 Å². The van der Waals surface area contributed by atoms with Crippen LogP contribution in [0.15, 0.2) is 29.3 Å². The molecule has 26 heavy (non-hydrogen) atoms. The molecular weight excluding hydrogens is 331 g/mol. The molecule has 0 radical (unpaired) electrons. The zero-order valence-corrected chi connectivity index (χ0v) is 16.4. The molecule has 1 fully saturated rings. The van der Waals surface area contributed by atoms with Gasteiger partial charge in [-0.2, -0.15) is 0 Å². The van der Waals surface area contributed by atoms with Gasteiger partial charge in [0.25, 0.3) is 0 Å². The van der Waals surface area contributed by atoms with Gasteiger partial charge in [-0.05, 0) is 37.5 Å². The minimum absolute atomic E-state index is 0.177. The number of guanidine groups is 1. The number of hydrogen-bond donors (Lipinski definition) is 1. The lowest BCUT2D eigenvalue weighted by atomic mass is 9.85. The molecule has 2 rings (SSSR count). The van der Waals surface area contributed by atoms with Crippen molar-refractivity contribution >= 4 is 11.9 Å². The Morgan fingerprint density at radius 3 is 2.35 bits per heavy atom. The lowest BCUT2D eigenvalue weighted by Gasteiger charge is -2.30. The van der Waals surface area contributed by atoms with Gasteiger partial charge in [0.15, 0.2) is 5.96 Å². The van der Waals surface area contributed by atoms with Crippen molar-refractivity contribution in [3.8, 4) is 0 Å². The molecule has 0 atom stereocenters. The van der Waals surface area contributed by atoms with Gasteiger partial charge in [-0.1, -0.05) is 25.0 Å². The molecule has 0 aromatic heterocycles. The van der Waals surface area contributed by atoms with Gasteiger partial charge in [-0.3, -0.25) is 9.79 Å². The van der Waals surface area contributed by atoms with Crippen molar-refractivity contribution in [1.82, 2.24) is 15.1 Å². The fraction of sp³-hybridized carbons (Fsp3) is 0.600. The molecule has 0 bridgehead atoms. The van der Waals surface area contributed by atoms with Crippen LogP contribution in [0.4, 0.5) is 4.39 Å². The highest BCUT2D eigenvalue weighted by Crippen LogP contribution is 2.39. The number of halogens is 1. The number of carbonyl (C=O) groups is 1. The number of nitrogens with zero attached hydrogens (tertiary/aromatic N) is 3. The van der Waals surface area contributed by atoms with Crippen LogP contribution in [0.3, 0.4) is 0 Å². The summed E-state index contributed by atoms with van der Waals surface area (Å²) in [6.07, 6.45) is 3.96. The van der Waals surface area contributed by atoms with Crippen LogP contribution in [-0.2, 0) is 11.3 Å². The van der Waals surface area contributed by atoms with Gasteiger partial charge in [0.05, 0.1) is 12.0 Å². The summed E-state index contributed by atoms with van der Waals surface area (Å²) < 4.78 is 13.1. The average Bonchev–Trinajstić information content (AvgIpc) is 3.09. The Balaban J connectivity index is 2.13. The number of nitrogens with one attached hydrogen (secondary N) is 1. The minimum Gasteiger partial charge on any atom is -0.357 e. The molecule has 0 heterocycles. The lowest BCUT2D eigenvalue weighted by Crippen LogP contribution is -2.43. The van der Waals surface area contributed by atoms with Crippen LogP contribution in [-0.4, -0.2) is 55.9 Å². The Morgan fingerprint density at radius 1 is 1.19 bits per heavy atom. The zero-order valence-electron chi connectivity index (χ0n) is 16.4. The molecule has 1 aliphatic carbocycles. The number of aliphatic imine (C=N–C) groups is 1. The lowest BCUT2D eigenvalue weighted by molar-refractivity contribution is -0.138. The van der Waals surface area contributed by atoms with E-state index in [0.717, 1.165) is 43.8 Å². The van der Waals surface area contributed by atoms with Gasteiger partial charge in [-0.15, -0.1) is 0 Å². The third-order valence-corrected chi connectivity index (χ3v) is 4.98. The van der Waals surface area contributed by atoms with E-state index in [1.165, 1.54) is 12.1 Å². The molecule has 1 N–H and O–H groups in total. The predicted octanol–water partition coefficient (Wildman–Crippen LogP) is 2.87. The third kappa shape index (κ3) is 4.96. The Labute approximate surface area is 156 Å². The summed E-state index contributed by atoms with van der Waals surface area (Å²) in [6.45, 7) is 3.90. The summed E-state index contributed by atoms with van der Waals surface area (Å²) in [7, 11) is 5.59. The van der Waals surface area contributed by atoms with E-state index in [2.05, 4.69) is 5.32 Å². The number of carbonyl (C=O) groups excluding carboxylic acids is 1. The number of amides is 1. The van der Waals surface area contributed by atoms with Crippen molar-refractivity contribution in [2.75, 3.05) is 34.2 Å². The Kier molecular flexibility index (Phi) is 7.00. The van der Waals surface area contributed by atoms with E-state index in [4.69, 9.17) is 4.99 Å². The van der Waals surface area contributed by atoms with Gasteiger partial charge < -0.3 is 15.1 Å². The molecule has 0 spiro atoms. The second-order valence-corrected chi connectivity index (χ2v) is 7.34. The molecule has 6 heteroatoms. The van der Waals surface area contributed by atoms with Crippen LogP contribution in [0.1, 0.15) is 38.2 Å². The molecule has 0 unspecified atom stereocenters. The van der Waals surface area contributed by atoms with Crippen molar-refractivity contribution in [1.29, 1.82) is 0 Å². The smallest absolute Gasteiger partial charge is 0.230 e. The fourth-order valence-electron chi connectivity index (χ4n) is 3.60. The third-order valence-electron chi connectivity index (χ3n) is 4.98. The van der Waals surface area contributed by atoms with E-state index in [1.54, 1.807) is 17.0 Å².